The van der Waals surface area contributed by atoms with E-state index in [2.05, 4.69) is 0 Å². The maximum absolute atomic E-state index is 11.8. The van der Waals surface area contributed by atoms with E-state index < -0.39 is 5.97 Å². The molecule has 0 fully saturated rings. The number of halogens is 1. The molecule has 0 aliphatic carbocycles. The molecule has 0 atom stereocenters. The summed E-state index contributed by atoms with van der Waals surface area (Å²) in [5.74, 6) is -1.07. The summed E-state index contributed by atoms with van der Waals surface area (Å²) >= 11 is 7.16. The van der Waals surface area contributed by atoms with Crippen molar-refractivity contribution in [3.63, 3.8) is 0 Å². The number of amides is 1. The first-order valence-corrected chi connectivity index (χ1v) is 6.58. The monoisotopic (exact) mass is 273 g/mol. The summed E-state index contributed by atoms with van der Waals surface area (Å²) < 4.78 is 0. The number of thioether (sulfide) groups is 1. The van der Waals surface area contributed by atoms with Crippen LogP contribution in [0.15, 0.2) is 24.3 Å². The van der Waals surface area contributed by atoms with Gasteiger partial charge in [-0.1, -0.05) is 17.7 Å². The van der Waals surface area contributed by atoms with Crippen molar-refractivity contribution >= 4 is 40.9 Å². The van der Waals surface area contributed by atoms with E-state index >= 15 is 0 Å². The van der Waals surface area contributed by atoms with E-state index in [0.717, 1.165) is 0 Å². The summed E-state index contributed by atoms with van der Waals surface area (Å²) in [4.78, 5) is 23.7. The molecule has 1 aromatic carbocycles. The van der Waals surface area contributed by atoms with Crippen molar-refractivity contribution < 1.29 is 14.7 Å². The fourth-order valence-corrected chi connectivity index (χ4v) is 1.89. The number of benzene rings is 1. The molecule has 0 unspecified atom stereocenters. The van der Waals surface area contributed by atoms with Crippen LogP contribution < -0.4 is 4.90 Å². The number of carbonyl (C=O) groups excluding carboxylic acids is 1. The Balaban J connectivity index is 2.97. The first-order valence-electron chi connectivity index (χ1n) is 4.81. The molecule has 1 amide bonds. The Hall–Kier alpha value is -1.20. The number of hydrogen-bond donors (Lipinski definition) is 1. The first-order chi connectivity index (χ1) is 8.04. The first kappa shape index (κ1) is 13.9. The molecule has 0 spiro atoms. The lowest BCUT2D eigenvalue weighted by Gasteiger charge is -2.20. The quantitative estimate of drug-likeness (QED) is 0.893. The zero-order valence-corrected chi connectivity index (χ0v) is 10.8. The highest BCUT2D eigenvalue weighted by molar-refractivity contribution is 7.99. The van der Waals surface area contributed by atoms with Crippen molar-refractivity contribution in [3.05, 3.63) is 29.3 Å². The molecule has 0 aliphatic heterocycles. The van der Waals surface area contributed by atoms with Crippen molar-refractivity contribution in [3.8, 4) is 0 Å². The third-order valence-electron chi connectivity index (χ3n) is 1.98. The molecule has 0 saturated carbocycles. The van der Waals surface area contributed by atoms with Crippen molar-refractivity contribution in [2.45, 2.75) is 0 Å². The Morgan fingerprint density at radius 3 is 2.71 bits per heavy atom. The standard InChI is InChI=1S/C11H12ClNO3S/c1-17-7-10(14)13(6-11(15)16)9-4-2-3-8(12)5-9/h2-5H,6-7H2,1H3,(H,15,16). The number of rotatable bonds is 5. The number of carboxylic acid groups (broad SMARTS) is 1. The summed E-state index contributed by atoms with van der Waals surface area (Å²) in [7, 11) is 0. The number of nitrogens with zero attached hydrogens (tertiary/aromatic N) is 1. The maximum Gasteiger partial charge on any atom is 0.323 e. The van der Waals surface area contributed by atoms with Crippen molar-refractivity contribution in [2.24, 2.45) is 0 Å². The van der Waals surface area contributed by atoms with Gasteiger partial charge in [-0.2, -0.15) is 11.8 Å². The molecule has 0 heterocycles. The summed E-state index contributed by atoms with van der Waals surface area (Å²) in [6, 6.07) is 6.58. The smallest absolute Gasteiger partial charge is 0.323 e. The van der Waals surface area contributed by atoms with Gasteiger partial charge in [-0.25, -0.2) is 0 Å². The topological polar surface area (TPSA) is 57.6 Å². The van der Waals surface area contributed by atoms with Crippen molar-refractivity contribution in [1.82, 2.24) is 0 Å². The van der Waals surface area contributed by atoms with E-state index in [0.29, 0.717) is 10.7 Å². The molecule has 17 heavy (non-hydrogen) atoms. The van der Waals surface area contributed by atoms with Gasteiger partial charge in [0.15, 0.2) is 0 Å². The van der Waals surface area contributed by atoms with Gasteiger partial charge in [0.2, 0.25) is 5.91 Å². The van der Waals surface area contributed by atoms with Gasteiger partial charge in [-0.05, 0) is 24.5 Å². The predicted octanol–water partition coefficient (Wildman–Crippen LogP) is 2.12. The second kappa shape index (κ2) is 6.51. The Labute approximate surface area is 109 Å². The number of anilines is 1. The number of carbonyl (C=O) groups is 2. The molecule has 0 aliphatic rings. The Bertz CT molecular complexity index is 425. The van der Waals surface area contributed by atoms with Gasteiger partial charge in [-0.3, -0.25) is 9.59 Å². The second-order valence-corrected chi connectivity index (χ2v) is 4.59. The molecule has 0 saturated heterocycles. The molecule has 92 valence electrons. The third-order valence-corrected chi connectivity index (χ3v) is 2.75. The maximum atomic E-state index is 11.8. The number of hydrogen-bond acceptors (Lipinski definition) is 3. The highest BCUT2D eigenvalue weighted by Crippen LogP contribution is 2.20. The molecule has 4 nitrogen and oxygen atoms in total. The van der Waals surface area contributed by atoms with Crippen molar-refractivity contribution in [2.75, 3.05) is 23.5 Å². The normalized spacial score (nSPS) is 10.0. The Morgan fingerprint density at radius 2 is 2.18 bits per heavy atom. The van der Waals surface area contributed by atoms with E-state index in [1.807, 2.05) is 0 Å². The zero-order chi connectivity index (χ0) is 12.8. The highest BCUT2D eigenvalue weighted by atomic mass is 35.5. The molecule has 6 heteroatoms. The van der Waals surface area contributed by atoms with Gasteiger partial charge in [0.25, 0.3) is 0 Å². The van der Waals surface area contributed by atoms with Gasteiger partial charge < -0.3 is 10.0 Å². The van der Waals surface area contributed by atoms with Crippen LogP contribution >= 0.6 is 23.4 Å². The fraction of sp³-hybridized carbons (Fsp3) is 0.273. The fourth-order valence-electron chi connectivity index (χ4n) is 1.30. The molecular weight excluding hydrogens is 262 g/mol. The highest BCUT2D eigenvalue weighted by Gasteiger charge is 2.18. The summed E-state index contributed by atoms with van der Waals surface area (Å²) in [6.45, 7) is -0.361. The van der Waals surface area contributed by atoms with Crippen LogP contribution in [0.5, 0.6) is 0 Å². The second-order valence-electron chi connectivity index (χ2n) is 3.29. The van der Waals surface area contributed by atoms with Crippen LogP contribution in [-0.2, 0) is 9.59 Å². The number of carboxylic acids is 1. The van der Waals surface area contributed by atoms with E-state index in [4.69, 9.17) is 16.7 Å². The van der Waals surface area contributed by atoms with Crippen LogP contribution in [0.25, 0.3) is 0 Å². The largest absolute Gasteiger partial charge is 0.480 e. The predicted molar refractivity (Wildman–Crippen MR) is 69.8 cm³/mol. The van der Waals surface area contributed by atoms with Crippen LogP contribution in [0, 0.1) is 0 Å². The minimum Gasteiger partial charge on any atom is -0.480 e. The Kier molecular flexibility index (Phi) is 5.31. The van der Waals surface area contributed by atoms with Crippen LogP contribution in [-0.4, -0.2) is 35.5 Å². The molecule has 0 radical (unpaired) electrons. The number of aliphatic carboxylic acids is 1. The minimum atomic E-state index is -1.06. The SMILES string of the molecule is CSCC(=O)N(CC(=O)O)c1cccc(Cl)c1. The molecule has 1 rings (SSSR count). The third kappa shape index (κ3) is 4.28. The Morgan fingerprint density at radius 1 is 1.47 bits per heavy atom. The summed E-state index contributed by atoms with van der Waals surface area (Å²) in [5.41, 5.74) is 0.499. The molecule has 1 aromatic rings. The van der Waals surface area contributed by atoms with Crippen molar-refractivity contribution in [1.29, 1.82) is 0 Å². The van der Waals surface area contributed by atoms with Crippen LogP contribution in [0.4, 0.5) is 5.69 Å². The lowest BCUT2D eigenvalue weighted by molar-refractivity contribution is -0.136. The molecule has 0 aromatic heterocycles. The van der Waals surface area contributed by atoms with E-state index in [-0.39, 0.29) is 18.2 Å². The molecule has 0 bridgehead atoms. The minimum absolute atomic E-state index is 0.236. The van der Waals surface area contributed by atoms with Gasteiger partial charge >= 0.3 is 5.97 Å². The van der Waals surface area contributed by atoms with Gasteiger partial charge in [0.05, 0.1) is 5.75 Å². The van der Waals surface area contributed by atoms with Gasteiger partial charge in [0, 0.05) is 10.7 Å². The summed E-state index contributed by atoms with van der Waals surface area (Å²) in [6.07, 6.45) is 1.79. The summed E-state index contributed by atoms with van der Waals surface area (Å²) in [5, 5.41) is 9.27. The average molecular weight is 274 g/mol. The molecular formula is C11H12ClNO3S. The van der Waals surface area contributed by atoms with E-state index in [1.54, 1.807) is 30.5 Å². The zero-order valence-electron chi connectivity index (χ0n) is 9.22. The van der Waals surface area contributed by atoms with Crippen LogP contribution in [0.2, 0.25) is 5.02 Å². The van der Waals surface area contributed by atoms with Crippen LogP contribution in [0.3, 0.4) is 0 Å². The lowest BCUT2D eigenvalue weighted by atomic mass is 10.3. The average Bonchev–Trinajstić information content (AvgIpc) is 2.26. The van der Waals surface area contributed by atoms with Gasteiger partial charge in [0.1, 0.15) is 6.54 Å². The lowest BCUT2D eigenvalue weighted by Crippen LogP contribution is -2.36. The van der Waals surface area contributed by atoms with E-state index in [1.165, 1.54) is 16.7 Å². The molecule has 1 N–H and O–H groups in total. The van der Waals surface area contributed by atoms with Gasteiger partial charge in [-0.15, -0.1) is 0 Å². The van der Waals surface area contributed by atoms with E-state index in [9.17, 15) is 9.59 Å². The van der Waals surface area contributed by atoms with Crippen LogP contribution in [0.1, 0.15) is 0 Å².